The van der Waals surface area contributed by atoms with E-state index in [1.807, 2.05) is 18.4 Å². The van der Waals surface area contributed by atoms with Crippen LogP contribution in [0.25, 0.3) is 28.6 Å². The van der Waals surface area contributed by atoms with Crippen molar-refractivity contribution in [2.45, 2.75) is 26.7 Å². The molecule has 4 rings (SSSR count). The number of thiazole rings is 1. The molecule has 0 aromatic carbocycles. The van der Waals surface area contributed by atoms with Gasteiger partial charge in [0.25, 0.3) is 5.89 Å². The highest BCUT2D eigenvalue weighted by atomic mass is 32.1. The lowest BCUT2D eigenvalue weighted by Crippen LogP contribution is -1.98. The average molecular weight is 326 g/mol. The van der Waals surface area contributed by atoms with Gasteiger partial charge in [-0.05, 0) is 6.92 Å². The Hall–Kier alpha value is -2.61. The maximum Gasteiger partial charge on any atom is 0.261 e. The second-order valence-electron chi connectivity index (χ2n) is 5.51. The highest BCUT2D eigenvalue weighted by Crippen LogP contribution is 2.27. The van der Waals surface area contributed by atoms with Gasteiger partial charge in [0.1, 0.15) is 5.69 Å². The Bertz CT molecular complexity index is 983. The first-order chi connectivity index (χ1) is 11.1. The lowest BCUT2D eigenvalue weighted by atomic mass is 10.2. The molecule has 0 saturated carbocycles. The Balaban J connectivity index is 1.75. The van der Waals surface area contributed by atoms with Crippen molar-refractivity contribution in [1.82, 2.24) is 29.7 Å². The smallest absolute Gasteiger partial charge is 0.261 e. The van der Waals surface area contributed by atoms with Crippen LogP contribution in [0, 0.1) is 6.92 Å². The zero-order valence-electron chi connectivity index (χ0n) is 12.9. The van der Waals surface area contributed by atoms with Gasteiger partial charge in [-0.1, -0.05) is 19.0 Å². The highest BCUT2D eigenvalue weighted by molar-refractivity contribution is 7.10. The van der Waals surface area contributed by atoms with Crippen molar-refractivity contribution < 1.29 is 4.52 Å². The fraction of sp³-hybridized carbons (Fsp3) is 0.267. The van der Waals surface area contributed by atoms with Gasteiger partial charge in [-0.3, -0.25) is 0 Å². The highest BCUT2D eigenvalue weighted by Gasteiger charge is 2.17. The summed E-state index contributed by atoms with van der Waals surface area (Å²) in [5, 5.41) is 11.3. The minimum absolute atomic E-state index is 0.383. The van der Waals surface area contributed by atoms with Gasteiger partial charge in [0, 0.05) is 23.6 Å². The normalized spacial score (nSPS) is 11.7. The number of rotatable bonds is 3. The Morgan fingerprint density at radius 3 is 2.91 bits per heavy atom. The molecule has 0 amide bonds. The molecule has 8 heteroatoms. The van der Waals surface area contributed by atoms with Gasteiger partial charge in [-0.2, -0.15) is 10.1 Å². The van der Waals surface area contributed by atoms with Crippen molar-refractivity contribution in [2.75, 3.05) is 0 Å². The minimum atomic E-state index is 0.383. The third-order valence-corrected chi connectivity index (χ3v) is 4.70. The van der Waals surface area contributed by atoms with Crippen LogP contribution in [0.1, 0.15) is 30.5 Å². The standard InChI is InChI=1S/C15H14N6OS/c1-8(2)15-18-11(7-23-15)13-19-14(22-20-13)10-6-16-12-4-5-17-21(12)9(10)3/h4-8H,1-3H3. The van der Waals surface area contributed by atoms with Gasteiger partial charge in [-0.25, -0.2) is 14.5 Å². The number of hydrogen-bond acceptors (Lipinski definition) is 7. The first kappa shape index (κ1) is 14.0. The number of aryl methyl sites for hydroxylation is 1. The van der Waals surface area contributed by atoms with Crippen LogP contribution in [0.15, 0.2) is 28.4 Å². The molecule has 0 unspecified atom stereocenters. The molecule has 0 aliphatic heterocycles. The molecule has 0 aliphatic rings. The largest absolute Gasteiger partial charge is 0.333 e. The summed E-state index contributed by atoms with van der Waals surface area (Å²) < 4.78 is 7.15. The van der Waals surface area contributed by atoms with Crippen molar-refractivity contribution in [2.24, 2.45) is 0 Å². The van der Waals surface area contributed by atoms with Gasteiger partial charge >= 0.3 is 0 Å². The van der Waals surface area contributed by atoms with Crippen LogP contribution < -0.4 is 0 Å². The summed E-state index contributed by atoms with van der Waals surface area (Å²) >= 11 is 1.60. The zero-order chi connectivity index (χ0) is 16.0. The van der Waals surface area contributed by atoms with Crippen LogP contribution in [0.3, 0.4) is 0 Å². The van der Waals surface area contributed by atoms with Crippen molar-refractivity contribution in [3.63, 3.8) is 0 Å². The Labute approximate surface area is 136 Å². The summed E-state index contributed by atoms with van der Waals surface area (Å²) in [6.07, 6.45) is 3.44. The maximum absolute atomic E-state index is 5.40. The van der Waals surface area contributed by atoms with E-state index in [2.05, 4.69) is 39.1 Å². The monoisotopic (exact) mass is 326 g/mol. The van der Waals surface area contributed by atoms with Crippen molar-refractivity contribution in [3.05, 3.63) is 34.5 Å². The molecule has 0 N–H and O–H groups in total. The predicted octanol–water partition coefficient (Wildman–Crippen LogP) is 3.33. The van der Waals surface area contributed by atoms with E-state index in [9.17, 15) is 0 Å². The summed E-state index contributed by atoms with van der Waals surface area (Å²) in [6.45, 7) is 6.16. The maximum atomic E-state index is 5.40. The molecule has 23 heavy (non-hydrogen) atoms. The van der Waals surface area contributed by atoms with Crippen LogP contribution in [-0.4, -0.2) is 29.7 Å². The molecule has 0 saturated heterocycles. The van der Waals surface area contributed by atoms with Gasteiger partial charge in [0.05, 0.1) is 22.5 Å². The number of fused-ring (bicyclic) bond motifs is 1. The van der Waals surface area contributed by atoms with E-state index in [0.29, 0.717) is 17.6 Å². The molecule has 0 atom stereocenters. The fourth-order valence-electron chi connectivity index (χ4n) is 2.29. The van der Waals surface area contributed by atoms with E-state index >= 15 is 0 Å². The van der Waals surface area contributed by atoms with E-state index in [1.165, 1.54) is 0 Å². The third-order valence-electron chi connectivity index (χ3n) is 3.56. The Morgan fingerprint density at radius 2 is 2.13 bits per heavy atom. The van der Waals surface area contributed by atoms with E-state index in [4.69, 9.17) is 4.52 Å². The molecule has 0 fully saturated rings. The molecule has 4 aromatic rings. The van der Waals surface area contributed by atoms with Gasteiger partial charge in [0.15, 0.2) is 5.65 Å². The first-order valence-corrected chi connectivity index (χ1v) is 8.10. The molecule has 0 radical (unpaired) electrons. The van der Waals surface area contributed by atoms with E-state index in [1.54, 1.807) is 28.2 Å². The van der Waals surface area contributed by atoms with E-state index in [0.717, 1.165) is 27.6 Å². The summed E-state index contributed by atoms with van der Waals surface area (Å²) in [4.78, 5) is 13.4. The molecular formula is C15H14N6OS. The second-order valence-corrected chi connectivity index (χ2v) is 6.40. The van der Waals surface area contributed by atoms with Crippen LogP contribution in [0.4, 0.5) is 0 Å². The Kier molecular flexibility index (Phi) is 3.19. The quantitative estimate of drug-likeness (QED) is 0.574. The molecule has 4 heterocycles. The summed E-state index contributed by atoms with van der Waals surface area (Å²) in [5.74, 6) is 1.29. The van der Waals surface area contributed by atoms with E-state index < -0.39 is 0 Å². The molecule has 116 valence electrons. The molecule has 0 spiro atoms. The topological polar surface area (TPSA) is 82.0 Å². The van der Waals surface area contributed by atoms with Crippen molar-refractivity contribution in [1.29, 1.82) is 0 Å². The summed E-state index contributed by atoms with van der Waals surface area (Å²) in [5.41, 5.74) is 3.18. The SMILES string of the molecule is Cc1c(-c2nc(-c3csc(C(C)C)n3)no2)cnc2ccnn12. The average Bonchev–Trinajstić information content (AvgIpc) is 3.27. The lowest BCUT2D eigenvalue weighted by molar-refractivity contribution is 0.431. The summed E-state index contributed by atoms with van der Waals surface area (Å²) in [7, 11) is 0. The van der Waals surface area contributed by atoms with E-state index in [-0.39, 0.29) is 0 Å². The number of nitrogens with zero attached hydrogens (tertiary/aromatic N) is 6. The summed E-state index contributed by atoms with van der Waals surface area (Å²) in [6, 6.07) is 1.85. The van der Waals surface area contributed by atoms with Crippen LogP contribution >= 0.6 is 11.3 Å². The molecule has 7 nitrogen and oxygen atoms in total. The van der Waals surface area contributed by atoms with Gasteiger partial charge in [0.2, 0.25) is 5.82 Å². The van der Waals surface area contributed by atoms with Crippen LogP contribution in [0.2, 0.25) is 0 Å². The molecular weight excluding hydrogens is 312 g/mol. The van der Waals surface area contributed by atoms with Crippen LogP contribution in [0.5, 0.6) is 0 Å². The fourth-order valence-corrected chi connectivity index (χ4v) is 3.11. The first-order valence-electron chi connectivity index (χ1n) is 7.22. The van der Waals surface area contributed by atoms with Crippen LogP contribution in [-0.2, 0) is 0 Å². The Morgan fingerprint density at radius 1 is 1.26 bits per heavy atom. The molecule has 4 aromatic heterocycles. The predicted molar refractivity (Wildman–Crippen MR) is 86.2 cm³/mol. The van der Waals surface area contributed by atoms with Crippen molar-refractivity contribution in [3.8, 4) is 23.0 Å². The van der Waals surface area contributed by atoms with Crippen molar-refractivity contribution >= 4 is 17.0 Å². The van der Waals surface area contributed by atoms with Gasteiger partial charge in [-0.15, -0.1) is 11.3 Å². The zero-order valence-corrected chi connectivity index (χ0v) is 13.7. The second kappa shape index (κ2) is 5.24. The molecule has 0 bridgehead atoms. The number of hydrogen-bond donors (Lipinski definition) is 0. The minimum Gasteiger partial charge on any atom is -0.333 e. The molecule has 0 aliphatic carbocycles. The van der Waals surface area contributed by atoms with Gasteiger partial charge < -0.3 is 4.52 Å². The lowest BCUT2D eigenvalue weighted by Gasteiger charge is -2.02. The third kappa shape index (κ3) is 2.31. The number of aromatic nitrogens is 6.